The van der Waals surface area contributed by atoms with E-state index in [1.54, 1.807) is 0 Å². The maximum Gasteiger partial charge on any atom is 0.0638 e. The van der Waals surface area contributed by atoms with Gasteiger partial charge in [0.15, 0.2) is 0 Å². The Labute approximate surface area is 111 Å². The lowest BCUT2D eigenvalue weighted by atomic mass is 9.84. The lowest BCUT2D eigenvalue weighted by Gasteiger charge is -2.28. The van der Waals surface area contributed by atoms with Crippen LogP contribution in [0.3, 0.4) is 0 Å². The van der Waals surface area contributed by atoms with Gasteiger partial charge in [0.2, 0.25) is 0 Å². The van der Waals surface area contributed by atoms with Gasteiger partial charge in [0.25, 0.3) is 0 Å². The van der Waals surface area contributed by atoms with E-state index in [0.29, 0.717) is 6.04 Å². The molecule has 3 heteroatoms. The molecule has 1 aliphatic carbocycles. The fourth-order valence-corrected chi connectivity index (χ4v) is 3.01. The minimum atomic E-state index is 0.637. The third kappa shape index (κ3) is 3.14. The smallest absolute Gasteiger partial charge is 0.0638 e. The van der Waals surface area contributed by atoms with Gasteiger partial charge >= 0.3 is 0 Å². The van der Waals surface area contributed by atoms with E-state index in [9.17, 15) is 0 Å². The van der Waals surface area contributed by atoms with E-state index >= 15 is 0 Å². The van der Waals surface area contributed by atoms with Crippen molar-refractivity contribution < 1.29 is 0 Å². The number of rotatable bonds is 5. The lowest BCUT2D eigenvalue weighted by molar-refractivity contribution is 0.247. The molecule has 1 heterocycles. The Hall–Kier alpha value is -0.830. The lowest BCUT2D eigenvalue weighted by Crippen LogP contribution is -2.19. The summed E-state index contributed by atoms with van der Waals surface area (Å²) in [7, 11) is 0. The Bertz CT molecular complexity index is 370. The zero-order valence-corrected chi connectivity index (χ0v) is 12.1. The maximum atomic E-state index is 4.73. The molecular weight excluding hydrogens is 222 g/mol. The molecule has 2 unspecified atom stereocenters. The van der Waals surface area contributed by atoms with Crippen LogP contribution < -0.4 is 5.32 Å². The van der Waals surface area contributed by atoms with Crippen molar-refractivity contribution >= 4 is 0 Å². The second-order valence-electron chi connectivity index (χ2n) is 5.59. The number of hydrogen-bond acceptors (Lipinski definition) is 2. The molecule has 0 radical (unpaired) electrons. The first-order valence-electron chi connectivity index (χ1n) is 7.49. The molecular formula is C15H27N3. The summed E-state index contributed by atoms with van der Waals surface area (Å²) in [5, 5.41) is 8.12. The van der Waals surface area contributed by atoms with Gasteiger partial charge in [0.1, 0.15) is 0 Å². The zero-order chi connectivity index (χ0) is 13.0. The number of aryl methyl sites for hydroxylation is 1. The minimum Gasteiger partial charge on any atom is -0.313 e. The predicted molar refractivity (Wildman–Crippen MR) is 75.6 cm³/mol. The van der Waals surface area contributed by atoms with Gasteiger partial charge < -0.3 is 5.32 Å². The van der Waals surface area contributed by atoms with Crippen LogP contribution in [0.15, 0.2) is 6.20 Å². The Kier molecular flexibility index (Phi) is 4.81. The van der Waals surface area contributed by atoms with Crippen LogP contribution in [-0.2, 0) is 6.54 Å². The van der Waals surface area contributed by atoms with Crippen LogP contribution >= 0.6 is 0 Å². The summed E-state index contributed by atoms with van der Waals surface area (Å²) < 4.78 is 2.24. The van der Waals surface area contributed by atoms with Gasteiger partial charge in [0, 0.05) is 18.3 Å². The molecule has 0 aromatic carbocycles. The van der Waals surface area contributed by atoms with Crippen molar-refractivity contribution in [1.82, 2.24) is 15.1 Å². The van der Waals surface area contributed by atoms with E-state index in [1.807, 2.05) is 0 Å². The Balaban J connectivity index is 2.03. The number of nitrogens with zero attached hydrogens (tertiary/aromatic N) is 2. The summed E-state index contributed by atoms with van der Waals surface area (Å²) in [5.74, 6) is 0.908. The van der Waals surface area contributed by atoms with Crippen LogP contribution in [0.4, 0.5) is 0 Å². The van der Waals surface area contributed by atoms with Crippen molar-refractivity contribution in [2.24, 2.45) is 5.92 Å². The Morgan fingerprint density at radius 2 is 2.22 bits per heavy atom. The SMILES string of the molecule is CCNCc1cn(C2CCCC(CC)C2)nc1C. The molecule has 2 rings (SSSR count). The minimum absolute atomic E-state index is 0.637. The van der Waals surface area contributed by atoms with Crippen LogP contribution in [0.2, 0.25) is 0 Å². The van der Waals surface area contributed by atoms with Crippen LogP contribution in [0, 0.1) is 12.8 Å². The highest BCUT2D eigenvalue weighted by atomic mass is 15.3. The van der Waals surface area contributed by atoms with E-state index in [-0.39, 0.29) is 0 Å². The first-order chi connectivity index (χ1) is 8.74. The fraction of sp³-hybridized carbons (Fsp3) is 0.800. The second kappa shape index (κ2) is 6.37. The molecule has 1 aliphatic rings. The average Bonchev–Trinajstić information content (AvgIpc) is 2.78. The molecule has 1 aromatic rings. The molecule has 1 aromatic heterocycles. The molecule has 3 nitrogen and oxygen atoms in total. The topological polar surface area (TPSA) is 29.9 Å². The van der Waals surface area contributed by atoms with Crippen molar-refractivity contribution in [2.45, 2.75) is 65.5 Å². The van der Waals surface area contributed by atoms with Crippen LogP contribution in [0.1, 0.15) is 63.3 Å². The van der Waals surface area contributed by atoms with Crippen molar-refractivity contribution in [3.8, 4) is 0 Å². The maximum absolute atomic E-state index is 4.73. The first-order valence-corrected chi connectivity index (χ1v) is 7.49. The Morgan fingerprint density at radius 1 is 1.39 bits per heavy atom. The predicted octanol–water partition coefficient (Wildman–Crippen LogP) is 3.44. The highest BCUT2D eigenvalue weighted by Crippen LogP contribution is 2.34. The number of aromatic nitrogens is 2. The molecule has 0 aliphatic heterocycles. The zero-order valence-electron chi connectivity index (χ0n) is 12.1. The quantitative estimate of drug-likeness (QED) is 0.866. The van der Waals surface area contributed by atoms with E-state index in [2.05, 4.69) is 37.0 Å². The van der Waals surface area contributed by atoms with Crippen LogP contribution in [-0.4, -0.2) is 16.3 Å². The normalized spacial score (nSPS) is 24.4. The summed E-state index contributed by atoms with van der Waals surface area (Å²) in [4.78, 5) is 0. The van der Waals surface area contributed by atoms with Crippen LogP contribution in [0.5, 0.6) is 0 Å². The molecule has 0 spiro atoms. The van der Waals surface area contributed by atoms with Gasteiger partial charge in [-0.15, -0.1) is 0 Å². The van der Waals surface area contributed by atoms with Crippen molar-refractivity contribution in [3.05, 3.63) is 17.5 Å². The number of nitrogens with one attached hydrogen (secondary N) is 1. The van der Waals surface area contributed by atoms with Crippen molar-refractivity contribution in [2.75, 3.05) is 6.54 Å². The van der Waals surface area contributed by atoms with E-state index < -0.39 is 0 Å². The molecule has 0 saturated heterocycles. The summed E-state index contributed by atoms with van der Waals surface area (Å²) in [6.45, 7) is 8.56. The third-order valence-corrected chi connectivity index (χ3v) is 4.29. The summed E-state index contributed by atoms with van der Waals surface area (Å²) >= 11 is 0. The van der Waals surface area contributed by atoms with E-state index in [1.165, 1.54) is 43.4 Å². The van der Waals surface area contributed by atoms with E-state index in [0.717, 1.165) is 19.0 Å². The van der Waals surface area contributed by atoms with Gasteiger partial charge in [-0.25, -0.2) is 0 Å². The van der Waals surface area contributed by atoms with E-state index in [4.69, 9.17) is 5.10 Å². The standard InChI is InChI=1S/C15H27N3/c1-4-13-7-6-8-15(9-13)18-11-14(10-16-5-2)12(3)17-18/h11,13,15-16H,4-10H2,1-3H3. The monoisotopic (exact) mass is 249 g/mol. The van der Waals surface area contributed by atoms with Gasteiger partial charge in [-0.2, -0.15) is 5.10 Å². The van der Waals surface area contributed by atoms with Gasteiger partial charge in [-0.05, 0) is 32.2 Å². The molecule has 102 valence electrons. The molecule has 1 N–H and O–H groups in total. The number of hydrogen-bond donors (Lipinski definition) is 1. The fourth-order valence-electron chi connectivity index (χ4n) is 3.01. The van der Waals surface area contributed by atoms with Gasteiger partial charge in [-0.3, -0.25) is 4.68 Å². The first kappa shape index (κ1) is 13.6. The molecule has 0 amide bonds. The average molecular weight is 249 g/mol. The summed E-state index contributed by atoms with van der Waals surface area (Å²) in [6.07, 6.45) is 8.99. The highest BCUT2D eigenvalue weighted by molar-refractivity contribution is 5.15. The second-order valence-corrected chi connectivity index (χ2v) is 5.59. The van der Waals surface area contributed by atoms with Gasteiger partial charge in [0.05, 0.1) is 11.7 Å². The third-order valence-electron chi connectivity index (χ3n) is 4.29. The molecule has 0 bridgehead atoms. The highest BCUT2D eigenvalue weighted by Gasteiger charge is 2.23. The van der Waals surface area contributed by atoms with Crippen LogP contribution in [0.25, 0.3) is 0 Å². The molecule has 1 fully saturated rings. The summed E-state index contributed by atoms with van der Waals surface area (Å²) in [6, 6.07) is 0.637. The molecule has 1 saturated carbocycles. The molecule has 2 atom stereocenters. The van der Waals surface area contributed by atoms with Crippen molar-refractivity contribution in [3.63, 3.8) is 0 Å². The Morgan fingerprint density at radius 3 is 2.94 bits per heavy atom. The molecule has 18 heavy (non-hydrogen) atoms. The van der Waals surface area contributed by atoms with Gasteiger partial charge in [-0.1, -0.05) is 33.1 Å². The summed E-state index contributed by atoms with van der Waals surface area (Å²) in [5.41, 5.74) is 2.55. The largest absolute Gasteiger partial charge is 0.313 e. The van der Waals surface area contributed by atoms with Crippen molar-refractivity contribution in [1.29, 1.82) is 0 Å².